The van der Waals surface area contributed by atoms with Gasteiger partial charge in [-0.1, -0.05) is 53.6 Å². The number of hydrogen-bond donors (Lipinski definition) is 3. The molecule has 0 aliphatic rings. The summed E-state index contributed by atoms with van der Waals surface area (Å²) in [6, 6.07) is 15.7. The van der Waals surface area contributed by atoms with E-state index in [1.807, 2.05) is 55.5 Å². The van der Waals surface area contributed by atoms with E-state index < -0.39 is 5.97 Å². The zero-order chi connectivity index (χ0) is 22.6. The molecule has 31 heavy (non-hydrogen) atoms. The molecular formula is C24H32ClN3O3. The maximum atomic E-state index is 12.0. The number of nitrogens with one attached hydrogen (secondary N) is 2. The fraction of sp³-hybridized carbons (Fsp3) is 0.417. The summed E-state index contributed by atoms with van der Waals surface area (Å²) in [5.41, 5.74) is 3.37. The fourth-order valence-corrected chi connectivity index (χ4v) is 3.45. The van der Waals surface area contributed by atoms with Crippen molar-refractivity contribution in [3.05, 3.63) is 70.2 Å². The van der Waals surface area contributed by atoms with Gasteiger partial charge in [0.1, 0.15) is 0 Å². The topological polar surface area (TPSA) is 81.7 Å². The predicted octanol–water partition coefficient (Wildman–Crippen LogP) is 4.77. The van der Waals surface area contributed by atoms with Crippen LogP contribution in [0.25, 0.3) is 0 Å². The molecule has 2 aromatic rings. The molecule has 0 aromatic heterocycles. The number of benzene rings is 2. The van der Waals surface area contributed by atoms with Crippen LogP contribution in [0.1, 0.15) is 48.9 Å². The van der Waals surface area contributed by atoms with E-state index in [9.17, 15) is 9.59 Å². The van der Waals surface area contributed by atoms with Gasteiger partial charge in [0.2, 0.25) is 0 Å². The number of carboxylic acid groups (broad SMARTS) is 1. The third kappa shape index (κ3) is 9.40. The Balaban J connectivity index is 1.78. The third-order valence-electron chi connectivity index (χ3n) is 5.22. The average molecular weight is 446 g/mol. The van der Waals surface area contributed by atoms with Gasteiger partial charge in [0.05, 0.1) is 0 Å². The number of nitrogens with zero attached hydrogens (tertiary/aromatic N) is 1. The number of halogens is 1. The summed E-state index contributed by atoms with van der Waals surface area (Å²) in [6.07, 6.45) is 1.49. The highest BCUT2D eigenvalue weighted by Gasteiger charge is 2.16. The molecule has 2 amide bonds. The quantitative estimate of drug-likeness (QED) is 0.411. The number of carbonyl (C=O) groups is 2. The molecule has 2 rings (SSSR count). The molecule has 0 aliphatic carbocycles. The van der Waals surface area contributed by atoms with Gasteiger partial charge >= 0.3 is 12.0 Å². The van der Waals surface area contributed by atoms with E-state index in [1.165, 1.54) is 5.56 Å². The molecule has 1 unspecified atom stereocenters. The van der Waals surface area contributed by atoms with Gasteiger partial charge in [-0.3, -0.25) is 9.69 Å². The minimum atomic E-state index is -0.786. The Bertz CT molecular complexity index is 825. The Kier molecular flexibility index (Phi) is 10.3. The molecular weight excluding hydrogens is 414 g/mol. The molecule has 1 atom stereocenters. The van der Waals surface area contributed by atoms with E-state index in [0.29, 0.717) is 31.1 Å². The van der Waals surface area contributed by atoms with Crippen molar-refractivity contribution in [3.63, 3.8) is 0 Å². The highest BCUT2D eigenvalue weighted by atomic mass is 35.5. The Morgan fingerprint density at radius 3 is 2.29 bits per heavy atom. The van der Waals surface area contributed by atoms with Gasteiger partial charge in [-0.2, -0.15) is 0 Å². The Morgan fingerprint density at radius 2 is 1.65 bits per heavy atom. The number of carbonyl (C=O) groups excluding carboxylic acids is 1. The highest BCUT2D eigenvalue weighted by molar-refractivity contribution is 6.30. The van der Waals surface area contributed by atoms with Crippen molar-refractivity contribution in [2.75, 3.05) is 19.6 Å². The van der Waals surface area contributed by atoms with Crippen LogP contribution in [0.3, 0.4) is 0 Å². The van der Waals surface area contributed by atoms with Gasteiger partial charge in [-0.25, -0.2) is 4.79 Å². The molecule has 2 aromatic carbocycles. The highest BCUT2D eigenvalue weighted by Crippen LogP contribution is 2.22. The van der Waals surface area contributed by atoms with Gasteiger partial charge in [0, 0.05) is 37.1 Å². The maximum Gasteiger partial charge on any atom is 0.315 e. The molecule has 0 saturated heterocycles. The summed E-state index contributed by atoms with van der Waals surface area (Å²) >= 11 is 5.99. The molecule has 0 aliphatic heterocycles. The van der Waals surface area contributed by atoms with Gasteiger partial charge < -0.3 is 15.7 Å². The lowest BCUT2D eigenvalue weighted by Crippen LogP contribution is -2.37. The Morgan fingerprint density at radius 1 is 1.00 bits per heavy atom. The van der Waals surface area contributed by atoms with Crippen molar-refractivity contribution >= 4 is 23.6 Å². The smallest absolute Gasteiger partial charge is 0.315 e. The molecule has 168 valence electrons. The second-order valence-corrected chi connectivity index (χ2v) is 8.15. The first-order valence-electron chi connectivity index (χ1n) is 10.6. The number of rotatable bonds is 12. The van der Waals surface area contributed by atoms with Crippen molar-refractivity contribution < 1.29 is 14.7 Å². The second kappa shape index (κ2) is 13.0. The summed E-state index contributed by atoms with van der Waals surface area (Å²) in [7, 11) is 0. The van der Waals surface area contributed by atoms with E-state index in [4.69, 9.17) is 16.7 Å². The molecule has 0 fully saturated rings. The van der Waals surface area contributed by atoms with E-state index in [0.717, 1.165) is 24.1 Å². The average Bonchev–Trinajstić information content (AvgIpc) is 2.75. The minimum Gasteiger partial charge on any atom is -0.481 e. The fourth-order valence-electron chi connectivity index (χ4n) is 3.32. The van der Waals surface area contributed by atoms with E-state index in [1.54, 1.807) is 0 Å². The van der Waals surface area contributed by atoms with Crippen molar-refractivity contribution in [3.8, 4) is 0 Å². The molecule has 0 radical (unpaired) electrons. The van der Waals surface area contributed by atoms with Gasteiger partial charge in [-0.15, -0.1) is 0 Å². The van der Waals surface area contributed by atoms with Crippen LogP contribution in [-0.4, -0.2) is 41.6 Å². The number of urea groups is 1. The van der Waals surface area contributed by atoms with Crippen LogP contribution in [0, 0.1) is 6.92 Å². The molecule has 6 nitrogen and oxygen atoms in total. The lowest BCUT2D eigenvalue weighted by Gasteiger charge is -2.29. The molecule has 3 N–H and O–H groups in total. The van der Waals surface area contributed by atoms with Crippen LogP contribution >= 0.6 is 11.6 Å². The lowest BCUT2D eigenvalue weighted by atomic mass is 10.1. The summed E-state index contributed by atoms with van der Waals surface area (Å²) in [4.78, 5) is 25.2. The Hall–Kier alpha value is -2.57. The summed E-state index contributed by atoms with van der Waals surface area (Å²) in [5, 5.41) is 15.4. The standard InChI is InChI=1S/C24H32ClN3O3/c1-18-6-8-20(9-7-18)17-27-24(31)26-14-4-16-28(15-3-5-23(29)30)19(2)21-10-12-22(25)13-11-21/h6-13,19H,3-5,14-17H2,1-2H3,(H,29,30)(H2,26,27,31). The van der Waals surface area contributed by atoms with Crippen molar-refractivity contribution in [1.82, 2.24) is 15.5 Å². The zero-order valence-electron chi connectivity index (χ0n) is 18.2. The molecule has 7 heteroatoms. The molecule has 0 heterocycles. The third-order valence-corrected chi connectivity index (χ3v) is 5.47. The van der Waals surface area contributed by atoms with Crippen LogP contribution in [0.5, 0.6) is 0 Å². The second-order valence-electron chi connectivity index (χ2n) is 7.71. The Labute approximate surface area is 189 Å². The van der Waals surface area contributed by atoms with E-state index >= 15 is 0 Å². The minimum absolute atomic E-state index is 0.126. The monoisotopic (exact) mass is 445 g/mol. The van der Waals surface area contributed by atoms with Crippen LogP contribution in [0.4, 0.5) is 4.79 Å². The first kappa shape index (κ1) is 24.7. The number of aryl methyl sites for hydroxylation is 1. The summed E-state index contributed by atoms with van der Waals surface area (Å²) in [5.74, 6) is -0.786. The van der Waals surface area contributed by atoms with Crippen molar-refractivity contribution in [2.45, 2.75) is 45.7 Å². The number of amides is 2. The predicted molar refractivity (Wildman–Crippen MR) is 124 cm³/mol. The summed E-state index contributed by atoms with van der Waals surface area (Å²) in [6.45, 7) is 6.59. The van der Waals surface area contributed by atoms with Gasteiger partial charge in [-0.05, 0) is 56.5 Å². The van der Waals surface area contributed by atoms with Crippen LogP contribution in [-0.2, 0) is 11.3 Å². The number of aliphatic carboxylic acids is 1. The lowest BCUT2D eigenvalue weighted by molar-refractivity contribution is -0.137. The first-order valence-corrected chi connectivity index (χ1v) is 11.0. The molecule has 0 spiro atoms. The van der Waals surface area contributed by atoms with Crippen molar-refractivity contribution in [2.24, 2.45) is 0 Å². The first-order chi connectivity index (χ1) is 14.8. The van der Waals surface area contributed by atoms with Gasteiger partial charge in [0.15, 0.2) is 0 Å². The van der Waals surface area contributed by atoms with Crippen LogP contribution < -0.4 is 10.6 Å². The van der Waals surface area contributed by atoms with Crippen molar-refractivity contribution in [1.29, 1.82) is 0 Å². The molecule has 0 bridgehead atoms. The normalized spacial score (nSPS) is 11.9. The number of carboxylic acids is 1. The van der Waals surface area contributed by atoms with E-state index in [-0.39, 0.29) is 18.5 Å². The maximum absolute atomic E-state index is 12.0. The van der Waals surface area contributed by atoms with Crippen LogP contribution in [0.2, 0.25) is 5.02 Å². The van der Waals surface area contributed by atoms with Crippen LogP contribution in [0.15, 0.2) is 48.5 Å². The zero-order valence-corrected chi connectivity index (χ0v) is 19.0. The van der Waals surface area contributed by atoms with Gasteiger partial charge in [0.25, 0.3) is 0 Å². The van der Waals surface area contributed by atoms with E-state index in [2.05, 4.69) is 22.5 Å². The molecule has 0 saturated carbocycles. The summed E-state index contributed by atoms with van der Waals surface area (Å²) < 4.78 is 0. The largest absolute Gasteiger partial charge is 0.481 e. The number of hydrogen-bond acceptors (Lipinski definition) is 3. The SMILES string of the molecule is Cc1ccc(CNC(=O)NCCCN(CCCC(=O)O)C(C)c2ccc(Cl)cc2)cc1.